The highest BCUT2D eigenvalue weighted by Crippen LogP contribution is 2.09. The third-order valence-electron chi connectivity index (χ3n) is 1.28. The van der Waals surface area contributed by atoms with Crippen molar-refractivity contribution in [3.05, 3.63) is 0 Å². The Hall–Kier alpha value is -0.840. The van der Waals surface area contributed by atoms with Crippen LogP contribution in [0.4, 0.5) is 0 Å². The lowest BCUT2D eigenvalue weighted by Crippen LogP contribution is -2.21. The second kappa shape index (κ2) is 4.25. The van der Waals surface area contributed by atoms with E-state index in [2.05, 4.69) is 10.3 Å². The summed E-state index contributed by atoms with van der Waals surface area (Å²) in [6.45, 7) is 1.92. The van der Waals surface area contributed by atoms with Crippen LogP contribution in [0.1, 0.15) is 19.8 Å². The maximum absolute atomic E-state index is 11.0. The number of carbonyl (C=O) groups is 2. The van der Waals surface area contributed by atoms with Gasteiger partial charge in [0, 0.05) is 6.42 Å². The smallest absolute Gasteiger partial charge is 0.248 e. The van der Waals surface area contributed by atoms with E-state index in [-0.39, 0.29) is 11.8 Å². The number of hydrogen-bond donors (Lipinski definition) is 1. The van der Waals surface area contributed by atoms with Crippen LogP contribution in [0, 0.1) is 0 Å². The van der Waals surface area contributed by atoms with Gasteiger partial charge in [-0.25, -0.2) is 0 Å². The highest BCUT2D eigenvalue weighted by molar-refractivity contribution is 8.15. The highest BCUT2D eigenvalue weighted by Gasteiger charge is 2.17. The quantitative estimate of drug-likeness (QED) is 0.684. The first-order valence-electron chi connectivity index (χ1n) is 3.76. The molecule has 2 amide bonds. The Bertz CT molecular complexity index is 238. The normalized spacial score (nSPS) is 19.8. The third-order valence-corrected chi connectivity index (χ3v) is 2.15. The summed E-state index contributed by atoms with van der Waals surface area (Å²) < 4.78 is 0. The Morgan fingerprint density at radius 1 is 1.75 bits per heavy atom. The first kappa shape index (κ1) is 9.25. The standard InChI is InChI=1S/C7H10N2O2S/c1-2-3-5(10)8-7-9-6(11)4-12-7/h2-4H2,1H3,(H,8,9,10,11). The van der Waals surface area contributed by atoms with Crippen molar-refractivity contribution in [1.29, 1.82) is 0 Å². The molecule has 1 aliphatic heterocycles. The number of carbonyl (C=O) groups excluding carboxylic acids is 2. The molecule has 0 saturated carbocycles. The van der Waals surface area contributed by atoms with Crippen LogP contribution in [0.2, 0.25) is 0 Å². The topological polar surface area (TPSA) is 58.5 Å². The molecule has 0 aliphatic carbocycles. The molecule has 0 atom stereocenters. The predicted octanol–water partition coefficient (Wildman–Crippen LogP) is 0.532. The zero-order valence-corrected chi connectivity index (χ0v) is 7.61. The third kappa shape index (κ3) is 2.65. The molecule has 1 rings (SSSR count). The van der Waals surface area contributed by atoms with E-state index in [1.807, 2.05) is 6.92 Å². The van der Waals surface area contributed by atoms with Gasteiger partial charge in [-0.3, -0.25) is 9.59 Å². The van der Waals surface area contributed by atoms with Gasteiger partial charge in [0.05, 0.1) is 5.75 Å². The first-order chi connectivity index (χ1) is 5.72. The van der Waals surface area contributed by atoms with E-state index in [4.69, 9.17) is 0 Å². The maximum Gasteiger partial charge on any atom is 0.248 e. The molecular weight excluding hydrogens is 176 g/mol. The Kier molecular flexibility index (Phi) is 3.28. The molecule has 1 heterocycles. The van der Waals surface area contributed by atoms with Gasteiger partial charge in [0.1, 0.15) is 0 Å². The molecule has 0 aromatic carbocycles. The second-order valence-corrected chi connectivity index (χ2v) is 3.36. The van der Waals surface area contributed by atoms with Crippen molar-refractivity contribution in [1.82, 2.24) is 5.32 Å². The summed E-state index contributed by atoms with van der Waals surface area (Å²) in [6.07, 6.45) is 1.23. The fourth-order valence-electron chi connectivity index (χ4n) is 0.769. The molecule has 1 saturated heterocycles. The summed E-state index contributed by atoms with van der Waals surface area (Å²) in [5, 5.41) is 2.94. The number of aliphatic imine (C=N–C) groups is 1. The molecule has 0 unspecified atom stereocenters. The average Bonchev–Trinajstić information content (AvgIpc) is 2.36. The minimum Gasteiger partial charge on any atom is -0.304 e. The van der Waals surface area contributed by atoms with Gasteiger partial charge in [0.15, 0.2) is 5.17 Å². The van der Waals surface area contributed by atoms with Gasteiger partial charge >= 0.3 is 0 Å². The van der Waals surface area contributed by atoms with Gasteiger partial charge in [-0.05, 0) is 6.42 Å². The van der Waals surface area contributed by atoms with E-state index in [0.717, 1.165) is 6.42 Å². The van der Waals surface area contributed by atoms with Crippen LogP contribution in [-0.4, -0.2) is 22.7 Å². The molecule has 1 N–H and O–H groups in total. The summed E-state index contributed by atoms with van der Waals surface area (Å²) in [5.74, 6) is 0.128. The fraction of sp³-hybridized carbons (Fsp3) is 0.571. The minimum absolute atomic E-state index is 0.0805. The fourth-order valence-corrected chi connectivity index (χ4v) is 1.46. The van der Waals surface area contributed by atoms with Gasteiger partial charge < -0.3 is 5.32 Å². The summed E-state index contributed by atoms with van der Waals surface area (Å²) in [7, 11) is 0. The lowest BCUT2D eigenvalue weighted by Gasteiger charge is -1.93. The van der Waals surface area contributed by atoms with Crippen LogP contribution in [0.3, 0.4) is 0 Å². The molecule has 12 heavy (non-hydrogen) atoms. The molecule has 0 radical (unpaired) electrons. The number of hydrogen-bond acceptors (Lipinski definition) is 3. The lowest BCUT2D eigenvalue weighted by atomic mass is 10.3. The molecule has 4 nitrogen and oxygen atoms in total. The Morgan fingerprint density at radius 3 is 3.00 bits per heavy atom. The van der Waals surface area contributed by atoms with E-state index >= 15 is 0 Å². The van der Waals surface area contributed by atoms with Crippen LogP contribution in [-0.2, 0) is 9.59 Å². The Balaban J connectivity index is 2.46. The van der Waals surface area contributed by atoms with Gasteiger partial charge in [0.25, 0.3) is 0 Å². The van der Waals surface area contributed by atoms with Gasteiger partial charge in [-0.15, -0.1) is 0 Å². The van der Waals surface area contributed by atoms with Crippen LogP contribution >= 0.6 is 11.8 Å². The molecule has 0 aromatic rings. The summed E-state index contributed by atoms with van der Waals surface area (Å²) in [5.41, 5.74) is 0. The molecule has 5 heteroatoms. The van der Waals surface area contributed by atoms with Crippen LogP contribution in [0.5, 0.6) is 0 Å². The maximum atomic E-state index is 11.0. The summed E-state index contributed by atoms with van der Waals surface area (Å²) in [4.78, 5) is 25.3. The predicted molar refractivity (Wildman–Crippen MR) is 48.0 cm³/mol. The number of rotatable bonds is 2. The summed E-state index contributed by atoms with van der Waals surface area (Å²) >= 11 is 1.27. The van der Waals surface area contributed by atoms with Crippen molar-refractivity contribution in [2.75, 3.05) is 5.75 Å². The number of nitrogens with zero attached hydrogens (tertiary/aromatic N) is 1. The monoisotopic (exact) mass is 186 g/mol. The lowest BCUT2D eigenvalue weighted by molar-refractivity contribution is -0.117. The molecule has 1 aliphatic rings. The van der Waals surface area contributed by atoms with E-state index < -0.39 is 0 Å². The molecule has 0 spiro atoms. The van der Waals surface area contributed by atoms with Crippen LogP contribution in [0.25, 0.3) is 0 Å². The van der Waals surface area contributed by atoms with Crippen molar-refractivity contribution in [2.45, 2.75) is 19.8 Å². The van der Waals surface area contributed by atoms with Crippen molar-refractivity contribution < 1.29 is 9.59 Å². The number of amides is 2. The van der Waals surface area contributed by atoms with Crippen molar-refractivity contribution in [3.8, 4) is 0 Å². The number of amidine groups is 1. The SMILES string of the molecule is CCCC(=O)N=C1NC(=O)CS1. The highest BCUT2D eigenvalue weighted by atomic mass is 32.2. The molecule has 1 fully saturated rings. The van der Waals surface area contributed by atoms with E-state index in [1.165, 1.54) is 11.8 Å². The van der Waals surface area contributed by atoms with Gasteiger partial charge in [0.2, 0.25) is 11.8 Å². The molecule has 66 valence electrons. The molecule has 0 aromatic heterocycles. The molecule has 0 bridgehead atoms. The van der Waals surface area contributed by atoms with Gasteiger partial charge in [-0.1, -0.05) is 18.7 Å². The largest absolute Gasteiger partial charge is 0.304 e. The average molecular weight is 186 g/mol. The first-order valence-corrected chi connectivity index (χ1v) is 4.75. The van der Waals surface area contributed by atoms with Crippen molar-refractivity contribution in [3.63, 3.8) is 0 Å². The van der Waals surface area contributed by atoms with E-state index in [1.54, 1.807) is 0 Å². The van der Waals surface area contributed by atoms with Crippen molar-refractivity contribution >= 4 is 28.7 Å². The van der Waals surface area contributed by atoms with E-state index in [9.17, 15) is 9.59 Å². The van der Waals surface area contributed by atoms with Crippen LogP contribution in [0.15, 0.2) is 4.99 Å². The van der Waals surface area contributed by atoms with Gasteiger partial charge in [-0.2, -0.15) is 4.99 Å². The summed E-state index contributed by atoms with van der Waals surface area (Å²) in [6, 6.07) is 0. The Labute approximate surface area is 74.8 Å². The van der Waals surface area contributed by atoms with Crippen LogP contribution < -0.4 is 5.32 Å². The van der Waals surface area contributed by atoms with Crippen molar-refractivity contribution in [2.24, 2.45) is 4.99 Å². The minimum atomic E-state index is -0.165. The Morgan fingerprint density at radius 2 is 2.50 bits per heavy atom. The number of nitrogens with one attached hydrogen (secondary N) is 1. The number of thioether (sulfide) groups is 1. The molecular formula is C7H10N2O2S. The van der Waals surface area contributed by atoms with E-state index in [0.29, 0.717) is 17.3 Å². The second-order valence-electron chi connectivity index (χ2n) is 2.40. The zero-order chi connectivity index (χ0) is 8.97. The zero-order valence-electron chi connectivity index (χ0n) is 6.79.